The van der Waals surface area contributed by atoms with Gasteiger partial charge in [-0.25, -0.2) is 4.57 Å². The Morgan fingerprint density at radius 3 is 0.969 bits per heavy atom. The lowest BCUT2D eigenvalue weighted by molar-refractivity contribution is 0.0421. The summed E-state index contributed by atoms with van der Waals surface area (Å²) >= 11 is 10.3. The fraction of sp³-hybridized carbons (Fsp3) is 0.250. The summed E-state index contributed by atoms with van der Waals surface area (Å²) in [6, 6.07) is 23.0. The van der Waals surface area contributed by atoms with Crippen LogP contribution in [0.25, 0.3) is 0 Å². The maximum absolute atomic E-state index is 13.9. The van der Waals surface area contributed by atoms with Gasteiger partial charge in [-0.05, 0) is 73.9 Å². The molecule has 0 saturated carbocycles. The van der Waals surface area contributed by atoms with Crippen LogP contribution >= 0.6 is 55.6 Å². The van der Waals surface area contributed by atoms with Crippen LogP contribution in [-0.2, 0) is 18.1 Å². The molecule has 0 saturated heterocycles. The first-order valence-electron chi connectivity index (χ1n) is 10.1. The van der Waals surface area contributed by atoms with Crippen molar-refractivity contribution >= 4 is 55.6 Å². The Morgan fingerprint density at radius 1 is 0.531 bits per heavy atom. The zero-order valence-corrected chi connectivity index (χ0v) is 23.5. The Balaban J connectivity index is 1.84. The Labute approximate surface area is 214 Å². The summed E-state index contributed by atoms with van der Waals surface area (Å²) in [5.41, 5.74) is 2.61. The van der Waals surface area contributed by atoms with E-state index in [-0.39, 0.29) is 0 Å². The highest BCUT2D eigenvalue weighted by molar-refractivity contribution is 9.11. The Morgan fingerprint density at radius 2 is 0.750 bits per heavy atom. The molecule has 0 heterocycles. The van der Waals surface area contributed by atoms with Crippen molar-refractivity contribution in [2.75, 3.05) is 0 Å². The fourth-order valence-corrected chi connectivity index (χ4v) is 5.51. The van der Waals surface area contributed by atoms with Gasteiger partial charge >= 0.3 is 7.82 Å². The van der Waals surface area contributed by atoms with E-state index in [9.17, 15) is 4.57 Å². The Bertz CT molecular complexity index is 919. The lowest BCUT2D eigenvalue weighted by Crippen LogP contribution is -2.09. The van der Waals surface area contributed by atoms with Crippen LogP contribution in [0.1, 0.15) is 55.8 Å². The van der Waals surface area contributed by atoms with Gasteiger partial charge in [0, 0.05) is 13.4 Å². The molecule has 0 bridgehead atoms. The van der Waals surface area contributed by atoms with E-state index < -0.39 is 26.1 Å². The molecule has 4 nitrogen and oxygen atoms in total. The predicted octanol–water partition coefficient (Wildman–Crippen LogP) is 9.72. The minimum absolute atomic E-state index is 0.497. The highest BCUT2D eigenvalue weighted by Crippen LogP contribution is 2.58. The van der Waals surface area contributed by atoms with E-state index in [2.05, 4.69) is 47.8 Å². The van der Waals surface area contributed by atoms with E-state index in [1.54, 1.807) is 0 Å². The van der Waals surface area contributed by atoms with Crippen LogP contribution in [0.15, 0.2) is 86.2 Å². The fourth-order valence-electron chi connectivity index (χ4n) is 3.04. The summed E-state index contributed by atoms with van der Waals surface area (Å²) in [5.74, 6) is 0. The average Bonchev–Trinajstić information content (AvgIpc) is 2.74. The van der Waals surface area contributed by atoms with Crippen LogP contribution in [0.5, 0.6) is 0 Å². The largest absolute Gasteiger partial charge is 0.476 e. The summed E-state index contributed by atoms with van der Waals surface area (Å²) in [6.45, 7) is 5.49. The van der Waals surface area contributed by atoms with Gasteiger partial charge in [0.05, 0.1) is 18.3 Å². The van der Waals surface area contributed by atoms with Crippen LogP contribution in [0.4, 0.5) is 0 Å². The van der Waals surface area contributed by atoms with Crippen LogP contribution in [0.3, 0.4) is 0 Å². The molecule has 3 aromatic rings. The van der Waals surface area contributed by atoms with Crippen molar-refractivity contribution in [2.24, 2.45) is 0 Å². The molecule has 0 spiro atoms. The van der Waals surface area contributed by atoms with Gasteiger partial charge in [-0.3, -0.25) is 13.6 Å². The molecule has 3 rings (SSSR count). The minimum Gasteiger partial charge on any atom is -0.279 e. The van der Waals surface area contributed by atoms with Gasteiger partial charge in [0.2, 0.25) is 0 Å². The summed E-state index contributed by atoms with van der Waals surface area (Å²) in [6.07, 6.45) is -1.49. The lowest BCUT2D eigenvalue weighted by Gasteiger charge is -2.27. The molecule has 32 heavy (non-hydrogen) atoms. The maximum atomic E-state index is 13.9. The molecule has 0 aliphatic heterocycles. The molecule has 3 aromatic carbocycles. The van der Waals surface area contributed by atoms with Crippen LogP contribution in [0, 0.1) is 0 Å². The van der Waals surface area contributed by atoms with Crippen LogP contribution in [0.2, 0.25) is 0 Å². The quantitative estimate of drug-likeness (QED) is 0.217. The van der Waals surface area contributed by atoms with Gasteiger partial charge in [0.25, 0.3) is 0 Å². The molecule has 8 heteroatoms. The first-order chi connectivity index (χ1) is 15.1. The second-order valence-electron chi connectivity index (χ2n) is 7.34. The number of hydrogen-bond acceptors (Lipinski definition) is 4. The predicted molar refractivity (Wildman–Crippen MR) is 139 cm³/mol. The van der Waals surface area contributed by atoms with Crippen molar-refractivity contribution < 1.29 is 18.1 Å². The second-order valence-corrected chi connectivity index (χ2v) is 11.6. The number of phosphoric ester groups is 1. The van der Waals surface area contributed by atoms with E-state index in [1.165, 1.54) is 0 Å². The highest BCUT2D eigenvalue weighted by atomic mass is 79.9. The van der Waals surface area contributed by atoms with Crippen molar-refractivity contribution in [3.63, 3.8) is 0 Å². The summed E-state index contributed by atoms with van der Waals surface area (Å²) < 4.78 is 34.7. The summed E-state index contributed by atoms with van der Waals surface area (Å²) in [7, 11) is -3.95. The molecule has 0 aliphatic rings. The normalized spacial score (nSPS) is 14.7. The van der Waals surface area contributed by atoms with Crippen molar-refractivity contribution in [1.29, 1.82) is 0 Å². The maximum Gasteiger partial charge on any atom is 0.476 e. The molecule has 170 valence electrons. The summed E-state index contributed by atoms with van der Waals surface area (Å²) in [4.78, 5) is 0. The number of rotatable bonds is 9. The molecule has 3 atom stereocenters. The SMILES string of the molecule is C[C@@H](OP(=O)(O[C@H](C)c1ccc(Br)cc1)O[C@H](C)c1ccc(Br)cc1)c1ccc(Br)cc1. The van der Waals surface area contributed by atoms with E-state index in [0.717, 1.165) is 30.1 Å². The third-order valence-corrected chi connectivity index (χ3v) is 8.19. The molecular weight excluding hydrogens is 623 g/mol. The van der Waals surface area contributed by atoms with Crippen molar-refractivity contribution in [3.8, 4) is 0 Å². The zero-order valence-electron chi connectivity index (χ0n) is 17.9. The monoisotopic (exact) mass is 644 g/mol. The average molecular weight is 647 g/mol. The highest BCUT2D eigenvalue weighted by Gasteiger charge is 2.35. The third-order valence-electron chi connectivity index (χ3n) is 4.88. The smallest absolute Gasteiger partial charge is 0.279 e. The zero-order chi connectivity index (χ0) is 23.3. The van der Waals surface area contributed by atoms with Crippen molar-refractivity contribution in [2.45, 2.75) is 39.1 Å². The van der Waals surface area contributed by atoms with E-state index in [0.29, 0.717) is 0 Å². The summed E-state index contributed by atoms with van der Waals surface area (Å²) in [5, 5.41) is 0. The van der Waals surface area contributed by atoms with Gasteiger partial charge < -0.3 is 0 Å². The number of benzene rings is 3. The molecular formula is C24H24Br3O4P. The molecule has 0 amide bonds. The topological polar surface area (TPSA) is 44.8 Å². The van der Waals surface area contributed by atoms with Crippen molar-refractivity contribution in [3.05, 3.63) is 103 Å². The lowest BCUT2D eigenvalue weighted by atomic mass is 10.1. The molecule has 0 N–H and O–H groups in total. The number of phosphoric acid groups is 1. The van der Waals surface area contributed by atoms with E-state index in [4.69, 9.17) is 13.6 Å². The van der Waals surface area contributed by atoms with Gasteiger partial charge in [0.1, 0.15) is 0 Å². The first kappa shape index (κ1) is 25.8. The second kappa shape index (κ2) is 11.6. The minimum atomic E-state index is -3.95. The Hall–Kier alpha value is -0.790. The van der Waals surface area contributed by atoms with Gasteiger partial charge in [-0.1, -0.05) is 84.2 Å². The van der Waals surface area contributed by atoms with E-state index in [1.807, 2.05) is 93.6 Å². The molecule has 0 unspecified atom stereocenters. The van der Waals surface area contributed by atoms with Crippen LogP contribution < -0.4 is 0 Å². The molecule has 0 fully saturated rings. The van der Waals surface area contributed by atoms with Crippen LogP contribution in [-0.4, -0.2) is 0 Å². The van der Waals surface area contributed by atoms with Gasteiger partial charge in [0.15, 0.2) is 0 Å². The Kier molecular flexibility index (Phi) is 9.33. The standard InChI is InChI=1S/C24H24Br3O4P/c1-16(19-4-10-22(25)11-5-19)29-32(28,30-17(2)20-6-12-23(26)13-7-20)31-18(3)21-8-14-24(27)15-9-21/h4-18H,1-3H3/t16-,17-,18-/m1/s1. The number of halogens is 3. The molecule has 0 radical (unpaired) electrons. The molecule has 0 aromatic heterocycles. The van der Waals surface area contributed by atoms with Crippen molar-refractivity contribution in [1.82, 2.24) is 0 Å². The van der Waals surface area contributed by atoms with E-state index >= 15 is 0 Å². The van der Waals surface area contributed by atoms with Gasteiger partial charge in [-0.15, -0.1) is 0 Å². The third kappa shape index (κ3) is 7.36. The van der Waals surface area contributed by atoms with Gasteiger partial charge in [-0.2, -0.15) is 0 Å². The number of hydrogen-bond donors (Lipinski definition) is 0. The molecule has 0 aliphatic carbocycles. The first-order valence-corrected chi connectivity index (χ1v) is 13.9.